The number of amides is 1. The molecule has 1 aliphatic rings. The first kappa shape index (κ1) is 24.2. The molecule has 0 aliphatic carbocycles. The van der Waals surface area contributed by atoms with E-state index in [0.29, 0.717) is 41.5 Å². The van der Waals surface area contributed by atoms with Crippen molar-refractivity contribution >= 4 is 65.6 Å². The van der Waals surface area contributed by atoms with Crippen LogP contribution in [0.1, 0.15) is 18.4 Å². The highest BCUT2D eigenvalue weighted by Crippen LogP contribution is 2.32. The van der Waals surface area contributed by atoms with Crippen LogP contribution in [0.25, 0.3) is 11.0 Å². The molecule has 0 atom stereocenters. The number of carbonyl (C=O) groups is 1. The van der Waals surface area contributed by atoms with Crippen LogP contribution in [0.3, 0.4) is 0 Å². The van der Waals surface area contributed by atoms with Gasteiger partial charge in [0.2, 0.25) is 11.0 Å². The first-order valence-electron chi connectivity index (χ1n) is 10.9. The van der Waals surface area contributed by atoms with Crippen LogP contribution in [0.15, 0.2) is 81.1 Å². The minimum Gasteiger partial charge on any atom is -0.443 e. The summed E-state index contributed by atoms with van der Waals surface area (Å²) in [4.78, 5) is 11.8. The molecular formula is C24H20ClN3O6S2. The molecule has 36 heavy (non-hydrogen) atoms. The molecular weight excluding hydrogens is 526 g/mol. The Morgan fingerprint density at radius 2 is 1.61 bits per heavy atom. The lowest BCUT2D eigenvalue weighted by atomic mass is 10.1. The summed E-state index contributed by atoms with van der Waals surface area (Å²) < 4.78 is 62.7. The predicted molar refractivity (Wildman–Crippen MR) is 137 cm³/mol. The normalized spacial score (nSPS) is 14.1. The van der Waals surface area contributed by atoms with Crippen molar-refractivity contribution in [2.24, 2.45) is 0 Å². The molecule has 0 unspecified atom stereocenters. The lowest BCUT2D eigenvalue weighted by molar-refractivity contribution is -0.116. The molecule has 2 heterocycles. The highest BCUT2D eigenvalue weighted by Gasteiger charge is 2.24. The smallest absolute Gasteiger partial charge is 0.295 e. The highest BCUT2D eigenvalue weighted by atomic mass is 35.5. The Kier molecular flexibility index (Phi) is 6.15. The Bertz CT molecular complexity index is 1680. The fourth-order valence-corrected chi connectivity index (χ4v) is 6.24. The summed E-state index contributed by atoms with van der Waals surface area (Å²) in [6, 6.07) is 16.7. The Morgan fingerprint density at radius 1 is 0.833 bits per heavy atom. The molecule has 0 fully saturated rings. The zero-order chi connectivity index (χ0) is 25.5. The van der Waals surface area contributed by atoms with E-state index >= 15 is 0 Å². The maximum atomic E-state index is 13.2. The topological polar surface area (TPSA) is 135 Å². The van der Waals surface area contributed by atoms with Crippen molar-refractivity contribution in [1.29, 1.82) is 0 Å². The van der Waals surface area contributed by atoms with Gasteiger partial charge in [0, 0.05) is 28.6 Å². The van der Waals surface area contributed by atoms with Gasteiger partial charge in [-0.15, -0.1) is 0 Å². The SMILES string of the molecule is O=C1CCCc2cc(S(=O)(=O)Nc3ccc(Cl)cc3NS(=O)(=O)c3cc4ccccc4o3)ccc2N1. The molecule has 0 saturated carbocycles. The number of carbonyl (C=O) groups excluding carboxylic acids is 1. The molecule has 1 aromatic heterocycles. The molecule has 0 bridgehead atoms. The molecule has 3 aromatic carbocycles. The molecule has 1 amide bonds. The second-order valence-corrected chi connectivity index (χ2v) is 12.0. The third-order valence-electron chi connectivity index (χ3n) is 5.65. The van der Waals surface area contributed by atoms with Crippen LogP contribution in [0.2, 0.25) is 5.02 Å². The van der Waals surface area contributed by atoms with Gasteiger partial charge in [0.25, 0.3) is 20.0 Å². The van der Waals surface area contributed by atoms with Crippen LogP contribution < -0.4 is 14.8 Å². The number of aryl methyl sites for hydroxylation is 1. The molecule has 186 valence electrons. The maximum Gasteiger partial charge on any atom is 0.295 e. The molecule has 0 spiro atoms. The number of rotatable bonds is 6. The number of fused-ring (bicyclic) bond motifs is 2. The molecule has 0 radical (unpaired) electrons. The van der Waals surface area contributed by atoms with Gasteiger partial charge in [0.15, 0.2) is 0 Å². The predicted octanol–water partition coefficient (Wildman–Crippen LogP) is 4.96. The summed E-state index contributed by atoms with van der Waals surface area (Å²) >= 11 is 6.08. The highest BCUT2D eigenvalue weighted by molar-refractivity contribution is 7.93. The number of hydrogen-bond donors (Lipinski definition) is 3. The third kappa shape index (κ3) is 4.90. The van der Waals surface area contributed by atoms with Gasteiger partial charge in [0.1, 0.15) is 5.58 Å². The molecule has 1 aliphatic heterocycles. The minimum atomic E-state index is -4.21. The second-order valence-electron chi connectivity index (χ2n) is 8.22. The summed E-state index contributed by atoms with van der Waals surface area (Å²) in [7, 11) is -8.32. The fourth-order valence-electron chi connectivity index (χ4n) is 3.90. The van der Waals surface area contributed by atoms with Crippen molar-refractivity contribution in [2.75, 3.05) is 14.8 Å². The number of nitrogens with one attached hydrogen (secondary N) is 3. The average Bonchev–Trinajstić information content (AvgIpc) is 3.18. The quantitative estimate of drug-likeness (QED) is 0.313. The van der Waals surface area contributed by atoms with Gasteiger partial charge in [-0.25, -0.2) is 8.42 Å². The van der Waals surface area contributed by atoms with Crippen LogP contribution in [0, 0.1) is 0 Å². The van der Waals surface area contributed by atoms with Gasteiger partial charge >= 0.3 is 0 Å². The average molecular weight is 546 g/mol. The number of sulfonamides is 2. The maximum absolute atomic E-state index is 13.2. The van der Waals surface area contributed by atoms with Crippen LogP contribution in [-0.4, -0.2) is 22.7 Å². The van der Waals surface area contributed by atoms with Gasteiger partial charge in [-0.05, 0) is 60.9 Å². The van der Waals surface area contributed by atoms with E-state index in [1.54, 1.807) is 30.3 Å². The minimum absolute atomic E-state index is 0.0256. The first-order valence-corrected chi connectivity index (χ1v) is 14.2. The number of hydrogen-bond acceptors (Lipinski definition) is 6. The summed E-state index contributed by atoms with van der Waals surface area (Å²) in [5, 5.41) is 3.23. The first-order chi connectivity index (χ1) is 17.1. The standard InChI is InChI=1S/C24H20ClN3O6S2/c25-17-8-10-20(21(14-17)28-36(32,33)24-13-16-4-1-2-6-22(16)34-24)27-35(30,31)18-9-11-19-15(12-18)5-3-7-23(29)26-19/h1-2,4,6,8-14,27-28H,3,5,7H2,(H,26,29). The van der Waals surface area contributed by atoms with E-state index in [1.165, 1.54) is 36.4 Å². The van der Waals surface area contributed by atoms with E-state index in [-0.39, 0.29) is 32.3 Å². The molecule has 12 heteroatoms. The van der Waals surface area contributed by atoms with Crippen LogP contribution in [0.5, 0.6) is 0 Å². The van der Waals surface area contributed by atoms with E-state index in [0.717, 1.165) is 0 Å². The van der Waals surface area contributed by atoms with Gasteiger partial charge in [-0.1, -0.05) is 29.8 Å². The molecule has 5 rings (SSSR count). The van der Waals surface area contributed by atoms with Crippen LogP contribution >= 0.6 is 11.6 Å². The Labute approximate surface area is 212 Å². The van der Waals surface area contributed by atoms with E-state index < -0.39 is 20.0 Å². The summed E-state index contributed by atoms with van der Waals surface area (Å²) in [5.74, 6) is -0.120. The third-order valence-corrected chi connectivity index (χ3v) is 8.47. The second kappa shape index (κ2) is 9.16. The lowest BCUT2D eigenvalue weighted by Gasteiger charge is -2.15. The van der Waals surface area contributed by atoms with Crippen molar-refractivity contribution in [1.82, 2.24) is 0 Å². The monoisotopic (exact) mass is 545 g/mol. The number of furan rings is 1. The Morgan fingerprint density at radius 3 is 2.42 bits per heavy atom. The number of anilines is 3. The molecule has 3 N–H and O–H groups in total. The van der Waals surface area contributed by atoms with E-state index in [9.17, 15) is 21.6 Å². The van der Waals surface area contributed by atoms with Crippen molar-refractivity contribution in [3.05, 3.63) is 77.3 Å². The van der Waals surface area contributed by atoms with Gasteiger partial charge < -0.3 is 9.73 Å². The van der Waals surface area contributed by atoms with Crippen molar-refractivity contribution in [3.8, 4) is 0 Å². The summed E-state index contributed by atoms with van der Waals surface area (Å²) in [6.07, 6.45) is 1.50. The zero-order valence-electron chi connectivity index (χ0n) is 18.6. The molecule has 0 saturated heterocycles. The largest absolute Gasteiger partial charge is 0.443 e. The Hall–Kier alpha value is -3.54. The van der Waals surface area contributed by atoms with Crippen molar-refractivity contribution in [3.63, 3.8) is 0 Å². The summed E-state index contributed by atoms with van der Waals surface area (Å²) in [5.41, 5.74) is 1.56. The number of para-hydroxylation sites is 1. The Balaban J connectivity index is 1.46. The van der Waals surface area contributed by atoms with Crippen LogP contribution in [0.4, 0.5) is 17.1 Å². The summed E-state index contributed by atoms with van der Waals surface area (Å²) in [6.45, 7) is 0. The zero-order valence-corrected chi connectivity index (χ0v) is 21.0. The van der Waals surface area contributed by atoms with Gasteiger partial charge in [0.05, 0.1) is 16.3 Å². The number of halogens is 1. The van der Waals surface area contributed by atoms with Crippen molar-refractivity contribution < 1.29 is 26.0 Å². The fraction of sp³-hybridized carbons (Fsp3) is 0.125. The molecule has 4 aromatic rings. The van der Waals surface area contributed by atoms with Crippen molar-refractivity contribution in [2.45, 2.75) is 29.3 Å². The number of benzene rings is 3. The van der Waals surface area contributed by atoms with E-state index in [4.69, 9.17) is 16.0 Å². The van der Waals surface area contributed by atoms with E-state index in [2.05, 4.69) is 14.8 Å². The van der Waals surface area contributed by atoms with Gasteiger partial charge in [-0.2, -0.15) is 8.42 Å². The van der Waals surface area contributed by atoms with E-state index in [1.807, 2.05) is 0 Å². The van der Waals surface area contributed by atoms with Gasteiger partial charge in [-0.3, -0.25) is 14.2 Å². The molecule has 9 nitrogen and oxygen atoms in total. The van der Waals surface area contributed by atoms with Crippen LogP contribution in [-0.2, 0) is 31.3 Å². The lowest BCUT2D eigenvalue weighted by Crippen LogP contribution is -2.17.